The monoisotopic (exact) mass is 368 g/mol. The van der Waals surface area contributed by atoms with E-state index in [2.05, 4.69) is 15.9 Å². The number of hydrogen-bond donors (Lipinski definition) is 0. The third-order valence-electron chi connectivity index (χ3n) is 1.06. The van der Waals surface area contributed by atoms with Crippen LogP contribution in [-0.2, 0) is 0 Å². The van der Waals surface area contributed by atoms with Crippen LogP contribution in [-0.4, -0.2) is 30.2 Å². The van der Waals surface area contributed by atoms with Crippen LogP contribution in [0.1, 0.15) is 0 Å². The van der Waals surface area contributed by atoms with Gasteiger partial charge < -0.3 is 38.7 Å². The second kappa shape index (κ2) is 10.3. The van der Waals surface area contributed by atoms with Gasteiger partial charge >= 0.3 is 23.1 Å². The van der Waals surface area contributed by atoms with Gasteiger partial charge in [-0.05, 0) is 28.1 Å². The molecule has 0 fully saturated rings. The fourth-order valence-corrected chi connectivity index (χ4v) is 1.06. The van der Waals surface area contributed by atoms with Crippen LogP contribution in [0.5, 0.6) is 5.75 Å². The molecule has 0 aliphatic rings. The molecule has 0 saturated heterocycles. The fourth-order valence-electron chi connectivity index (χ4n) is 0.610. The van der Waals surface area contributed by atoms with Crippen molar-refractivity contribution < 1.29 is 38.7 Å². The molecule has 1 rings (SSSR count). The van der Waals surface area contributed by atoms with Crippen LogP contribution in [0.3, 0.4) is 0 Å². The van der Waals surface area contributed by atoms with Crippen LogP contribution >= 0.6 is 15.9 Å². The standard InChI is InChI=1S/C7H7BrO.2BrH.Mg/c1-9-7-5-3-2-4-6(7)8;;;/h2-5H,1H3;2*1H;/q;;;+2/p-2. The van der Waals surface area contributed by atoms with E-state index in [9.17, 15) is 0 Å². The molecule has 0 heterocycles. The number of methoxy groups -OCH3 is 1. The second-order valence-electron chi connectivity index (χ2n) is 1.63. The van der Waals surface area contributed by atoms with Gasteiger partial charge in [-0.1, -0.05) is 12.1 Å². The Morgan fingerprint density at radius 2 is 1.67 bits per heavy atom. The van der Waals surface area contributed by atoms with E-state index in [0.717, 1.165) is 10.2 Å². The predicted octanol–water partition coefficient (Wildman–Crippen LogP) is -3.92. The predicted molar refractivity (Wildman–Crippen MR) is 46.4 cm³/mol. The smallest absolute Gasteiger partial charge is 1.00 e. The van der Waals surface area contributed by atoms with Gasteiger partial charge in [-0.3, -0.25) is 0 Å². The SMILES string of the molecule is COc1ccccc1Br.[Br-].[Br-].[Mg+2]. The Balaban J connectivity index is -0.000000270. The van der Waals surface area contributed by atoms with Crippen LogP contribution in [0.15, 0.2) is 28.7 Å². The van der Waals surface area contributed by atoms with E-state index in [1.54, 1.807) is 7.11 Å². The van der Waals surface area contributed by atoms with Crippen molar-refractivity contribution in [3.8, 4) is 5.75 Å². The largest absolute Gasteiger partial charge is 2.00 e. The van der Waals surface area contributed by atoms with E-state index in [1.165, 1.54) is 0 Å². The van der Waals surface area contributed by atoms with Gasteiger partial charge in [-0.25, -0.2) is 0 Å². The maximum atomic E-state index is 5.00. The van der Waals surface area contributed by atoms with Gasteiger partial charge in [-0.2, -0.15) is 0 Å². The molecule has 0 bridgehead atoms. The third kappa shape index (κ3) is 5.80. The number of rotatable bonds is 1. The number of hydrogen-bond acceptors (Lipinski definition) is 1. The number of ether oxygens (including phenoxy) is 1. The van der Waals surface area contributed by atoms with E-state index in [0.29, 0.717) is 0 Å². The molecule has 1 nitrogen and oxygen atoms in total. The van der Waals surface area contributed by atoms with Gasteiger partial charge in [0.05, 0.1) is 11.6 Å². The minimum Gasteiger partial charge on any atom is -1.00 e. The molecule has 0 aliphatic carbocycles. The van der Waals surface area contributed by atoms with Crippen LogP contribution < -0.4 is 38.7 Å². The molecule has 0 amide bonds. The van der Waals surface area contributed by atoms with E-state index in [4.69, 9.17) is 4.74 Å². The van der Waals surface area contributed by atoms with Gasteiger partial charge in [0, 0.05) is 0 Å². The Morgan fingerprint density at radius 1 is 1.17 bits per heavy atom. The van der Waals surface area contributed by atoms with Crippen molar-refractivity contribution >= 4 is 39.0 Å². The Hall–Kier alpha value is 1.23. The average molecular weight is 371 g/mol. The van der Waals surface area contributed by atoms with E-state index < -0.39 is 0 Å². The summed E-state index contributed by atoms with van der Waals surface area (Å²) >= 11 is 3.33. The summed E-state index contributed by atoms with van der Waals surface area (Å²) in [6.07, 6.45) is 0. The van der Waals surface area contributed by atoms with Gasteiger partial charge in [0.25, 0.3) is 0 Å². The first-order valence-corrected chi connectivity index (χ1v) is 3.42. The Labute approximate surface area is 118 Å². The van der Waals surface area contributed by atoms with E-state index >= 15 is 0 Å². The van der Waals surface area contributed by atoms with Crippen molar-refractivity contribution in [3.63, 3.8) is 0 Å². The summed E-state index contributed by atoms with van der Waals surface area (Å²) in [4.78, 5) is 0. The molecule has 0 atom stereocenters. The Morgan fingerprint density at radius 3 is 2.00 bits per heavy atom. The Kier molecular flexibility index (Phi) is 16.2. The molecule has 0 saturated carbocycles. The van der Waals surface area contributed by atoms with Gasteiger partial charge in [0.2, 0.25) is 0 Å². The molecule has 0 aromatic heterocycles. The van der Waals surface area contributed by atoms with E-state index in [-0.39, 0.29) is 57.0 Å². The second-order valence-corrected chi connectivity index (χ2v) is 2.49. The van der Waals surface area contributed by atoms with E-state index in [1.807, 2.05) is 24.3 Å². The normalized spacial score (nSPS) is 6.83. The minimum atomic E-state index is 0. The summed E-state index contributed by atoms with van der Waals surface area (Å²) in [5.74, 6) is 0.873. The van der Waals surface area contributed by atoms with Crippen molar-refractivity contribution in [1.82, 2.24) is 0 Å². The van der Waals surface area contributed by atoms with Crippen molar-refractivity contribution in [2.75, 3.05) is 7.11 Å². The molecular formula is C7H7Br3MgO. The Bertz CT molecular complexity index is 208. The molecule has 0 aliphatic heterocycles. The molecule has 0 radical (unpaired) electrons. The first-order valence-electron chi connectivity index (χ1n) is 2.63. The number of para-hydroxylation sites is 1. The molecule has 0 N–H and O–H groups in total. The first-order chi connectivity index (χ1) is 4.34. The van der Waals surface area contributed by atoms with Crippen molar-refractivity contribution in [2.45, 2.75) is 0 Å². The number of benzene rings is 1. The van der Waals surface area contributed by atoms with Gasteiger partial charge in [0.15, 0.2) is 0 Å². The molecule has 0 spiro atoms. The van der Waals surface area contributed by atoms with Crippen molar-refractivity contribution in [1.29, 1.82) is 0 Å². The van der Waals surface area contributed by atoms with Gasteiger partial charge in [-0.15, -0.1) is 0 Å². The van der Waals surface area contributed by atoms with Crippen molar-refractivity contribution in [3.05, 3.63) is 28.7 Å². The zero-order chi connectivity index (χ0) is 6.69. The third-order valence-corrected chi connectivity index (χ3v) is 1.71. The van der Waals surface area contributed by atoms with Crippen LogP contribution in [0, 0.1) is 0 Å². The zero-order valence-corrected chi connectivity index (χ0v) is 12.7. The first kappa shape index (κ1) is 18.9. The number of halogens is 3. The molecular weight excluding hydrogens is 364 g/mol. The fraction of sp³-hybridized carbons (Fsp3) is 0.143. The summed E-state index contributed by atoms with van der Waals surface area (Å²) in [7, 11) is 1.65. The molecule has 0 unspecified atom stereocenters. The summed E-state index contributed by atoms with van der Waals surface area (Å²) < 4.78 is 5.99. The van der Waals surface area contributed by atoms with Crippen molar-refractivity contribution in [2.24, 2.45) is 0 Å². The average Bonchev–Trinajstić information content (AvgIpc) is 1.89. The molecule has 1 aromatic carbocycles. The molecule has 5 heteroatoms. The minimum absolute atomic E-state index is 0. The molecule has 1 aromatic rings. The summed E-state index contributed by atoms with van der Waals surface area (Å²) in [5, 5.41) is 0. The summed E-state index contributed by atoms with van der Waals surface area (Å²) in [6.45, 7) is 0. The molecule has 12 heavy (non-hydrogen) atoms. The van der Waals surface area contributed by atoms with Crippen LogP contribution in [0.2, 0.25) is 0 Å². The maximum absolute atomic E-state index is 5.00. The topological polar surface area (TPSA) is 9.23 Å². The van der Waals surface area contributed by atoms with Gasteiger partial charge in [0.1, 0.15) is 5.75 Å². The van der Waals surface area contributed by atoms with Crippen LogP contribution in [0.25, 0.3) is 0 Å². The summed E-state index contributed by atoms with van der Waals surface area (Å²) in [6, 6.07) is 7.74. The molecule has 64 valence electrons. The summed E-state index contributed by atoms with van der Waals surface area (Å²) in [5.41, 5.74) is 0. The zero-order valence-electron chi connectivity index (χ0n) is 6.56. The quantitative estimate of drug-likeness (QED) is 0.459. The maximum Gasteiger partial charge on any atom is 2.00 e. The van der Waals surface area contributed by atoms with Crippen LogP contribution in [0.4, 0.5) is 0 Å².